The Labute approximate surface area is 112 Å². The Morgan fingerprint density at radius 2 is 2.00 bits per heavy atom. The summed E-state index contributed by atoms with van der Waals surface area (Å²) in [5, 5.41) is 9.54. The molecule has 2 aromatic rings. The fraction of sp³-hybridized carbons (Fsp3) is 0.0833. The average Bonchev–Trinajstić information content (AvgIpc) is 2.64. The van der Waals surface area contributed by atoms with Crippen molar-refractivity contribution in [1.29, 1.82) is 0 Å². The Balaban J connectivity index is 2.24. The lowest BCUT2D eigenvalue weighted by Gasteiger charge is -1.99. The van der Waals surface area contributed by atoms with E-state index in [0.29, 0.717) is 16.0 Å². The van der Waals surface area contributed by atoms with E-state index in [-0.39, 0.29) is 5.69 Å². The molecule has 0 bridgehead atoms. The molecule has 0 saturated heterocycles. The Morgan fingerprint density at radius 1 is 1.35 bits per heavy atom. The van der Waals surface area contributed by atoms with Gasteiger partial charge in [0.1, 0.15) is 5.69 Å². The van der Waals surface area contributed by atoms with Crippen LogP contribution in [0.3, 0.4) is 0 Å². The summed E-state index contributed by atoms with van der Waals surface area (Å²) in [7, 11) is 0. The quantitative estimate of drug-likeness (QED) is 0.907. The lowest BCUT2D eigenvalue weighted by Crippen LogP contribution is -1.95. The van der Waals surface area contributed by atoms with Crippen molar-refractivity contribution in [2.75, 3.05) is 0 Å². The summed E-state index contributed by atoms with van der Waals surface area (Å²) in [6.45, 7) is 0. The molecule has 2 rings (SSSR count). The third kappa shape index (κ3) is 2.90. The first-order valence-electron chi connectivity index (χ1n) is 4.91. The smallest absolute Gasteiger partial charge is 0.352 e. The van der Waals surface area contributed by atoms with Crippen LogP contribution in [0, 0.1) is 0 Å². The second kappa shape index (κ2) is 4.94. The van der Waals surface area contributed by atoms with E-state index in [0.717, 1.165) is 11.1 Å². The molecule has 88 valence electrons. The summed E-state index contributed by atoms with van der Waals surface area (Å²) in [6, 6.07) is 9.09. The Kier molecular flexibility index (Phi) is 3.54. The van der Waals surface area contributed by atoms with E-state index in [2.05, 4.69) is 20.9 Å². The molecule has 1 heterocycles. The minimum atomic E-state index is -0.965. The Hall–Kier alpha value is -1.26. The van der Waals surface area contributed by atoms with Gasteiger partial charge in [-0.15, -0.1) is 0 Å². The van der Waals surface area contributed by atoms with Crippen molar-refractivity contribution in [1.82, 2.24) is 4.98 Å². The van der Waals surface area contributed by atoms with Crippen LogP contribution in [-0.2, 0) is 6.42 Å². The van der Waals surface area contributed by atoms with E-state index in [4.69, 9.17) is 16.7 Å². The minimum Gasteiger partial charge on any atom is -0.477 e. The number of H-pyrrole nitrogens is 1. The number of nitrogens with one attached hydrogen (secondary N) is 1. The molecule has 5 heteroatoms. The van der Waals surface area contributed by atoms with Gasteiger partial charge in [0.25, 0.3) is 0 Å². The number of rotatable bonds is 3. The maximum atomic E-state index is 10.8. The van der Waals surface area contributed by atoms with Crippen molar-refractivity contribution in [2.24, 2.45) is 0 Å². The van der Waals surface area contributed by atoms with Gasteiger partial charge in [-0.05, 0) is 45.3 Å². The molecular formula is C12H9BrClNO2. The van der Waals surface area contributed by atoms with Gasteiger partial charge in [-0.2, -0.15) is 0 Å². The molecule has 1 aromatic heterocycles. The predicted octanol–water partition coefficient (Wildman–Crippen LogP) is 3.72. The number of benzene rings is 1. The summed E-state index contributed by atoms with van der Waals surface area (Å²) in [5.41, 5.74) is 2.16. The lowest BCUT2D eigenvalue weighted by molar-refractivity contribution is 0.0691. The molecular weight excluding hydrogens is 305 g/mol. The van der Waals surface area contributed by atoms with Crippen molar-refractivity contribution in [3.63, 3.8) is 0 Å². The summed E-state index contributed by atoms with van der Waals surface area (Å²) in [4.78, 5) is 13.6. The predicted molar refractivity (Wildman–Crippen MR) is 69.7 cm³/mol. The number of carboxylic acid groups (broad SMARTS) is 1. The summed E-state index contributed by atoms with van der Waals surface area (Å²) in [5.74, 6) is -0.965. The highest BCUT2D eigenvalue weighted by molar-refractivity contribution is 9.10. The van der Waals surface area contributed by atoms with Crippen LogP contribution in [0.2, 0.25) is 5.02 Å². The summed E-state index contributed by atoms with van der Waals surface area (Å²) in [6.07, 6.45) is 0.654. The van der Waals surface area contributed by atoms with E-state index >= 15 is 0 Å². The second-order valence-corrected chi connectivity index (χ2v) is 4.86. The molecule has 0 aliphatic heterocycles. The monoisotopic (exact) mass is 313 g/mol. The van der Waals surface area contributed by atoms with Gasteiger partial charge >= 0.3 is 5.97 Å². The van der Waals surface area contributed by atoms with Crippen molar-refractivity contribution in [3.8, 4) is 0 Å². The summed E-state index contributed by atoms with van der Waals surface area (Å²) >= 11 is 9.11. The van der Waals surface area contributed by atoms with Crippen LogP contribution in [0.5, 0.6) is 0 Å². The van der Waals surface area contributed by atoms with Crippen LogP contribution in [0.15, 0.2) is 34.9 Å². The molecule has 0 spiro atoms. The van der Waals surface area contributed by atoms with Gasteiger partial charge in [-0.1, -0.05) is 23.7 Å². The van der Waals surface area contributed by atoms with Crippen LogP contribution in [-0.4, -0.2) is 16.1 Å². The van der Waals surface area contributed by atoms with Crippen LogP contribution in [0.25, 0.3) is 0 Å². The lowest BCUT2D eigenvalue weighted by atomic mass is 10.1. The molecule has 0 atom stereocenters. The number of aromatic nitrogens is 1. The molecule has 17 heavy (non-hydrogen) atoms. The van der Waals surface area contributed by atoms with E-state index in [1.165, 1.54) is 0 Å². The third-order valence-electron chi connectivity index (χ3n) is 2.38. The van der Waals surface area contributed by atoms with Crippen molar-refractivity contribution in [3.05, 3.63) is 56.8 Å². The number of aromatic amines is 1. The minimum absolute atomic E-state index is 0.181. The fourth-order valence-corrected chi connectivity index (χ4v) is 2.13. The largest absolute Gasteiger partial charge is 0.477 e. The molecule has 0 amide bonds. The zero-order valence-electron chi connectivity index (χ0n) is 8.71. The van der Waals surface area contributed by atoms with Gasteiger partial charge in [-0.3, -0.25) is 0 Å². The number of aromatic carboxylic acids is 1. The molecule has 0 aliphatic rings. The maximum absolute atomic E-state index is 10.8. The van der Waals surface area contributed by atoms with E-state index in [9.17, 15) is 4.79 Å². The van der Waals surface area contributed by atoms with E-state index in [1.54, 1.807) is 6.07 Å². The van der Waals surface area contributed by atoms with Crippen LogP contribution in [0.1, 0.15) is 21.6 Å². The Bertz CT molecular complexity index is 548. The first kappa shape index (κ1) is 12.2. The highest BCUT2D eigenvalue weighted by Crippen LogP contribution is 2.21. The normalized spacial score (nSPS) is 10.5. The number of hydrogen-bond acceptors (Lipinski definition) is 1. The Morgan fingerprint density at radius 3 is 2.53 bits per heavy atom. The van der Waals surface area contributed by atoms with E-state index < -0.39 is 5.97 Å². The van der Waals surface area contributed by atoms with Crippen molar-refractivity contribution < 1.29 is 9.90 Å². The van der Waals surface area contributed by atoms with Crippen LogP contribution < -0.4 is 0 Å². The van der Waals surface area contributed by atoms with Crippen LogP contribution >= 0.6 is 27.5 Å². The van der Waals surface area contributed by atoms with Crippen molar-refractivity contribution >= 4 is 33.5 Å². The van der Waals surface area contributed by atoms with Gasteiger partial charge in [0.05, 0.1) is 4.60 Å². The van der Waals surface area contributed by atoms with Gasteiger partial charge < -0.3 is 10.1 Å². The molecule has 0 radical (unpaired) electrons. The van der Waals surface area contributed by atoms with Gasteiger partial charge in [0.2, 0.25) is 0 Å². The van der Waals surface area contributed by atoms with Gasteiger partial charge in [-0.25, -0.2) is 4.79 Å². The highest BCUT2D eigenvalue weighted by atomic mass is 79.9. The number of hydrogen-bond donors (Lipinski definition) is 2. The third-order valence-corrected chi connectivity index (χ3v) is 3.34. The highest BCUT2D eigenvalue weighted by Gasteiger charge is 2.11. The molecule has 3 nitrogen and oxygen atoms in total. The molecule has 0 saturated carbocycles. The molecule has 1 aromatic carbocycles. The van der Waals surface area contributed by atoms with Gasteiger partial charge in [0.15, 0.2) is 0 Å². The van der Waals surface area contributed by atoms with Crippen molar-refractivity contribution in [2.45, 2.75) is 6.42 Å². The zero-order chi connectivity index (χ0) is 12.4. The molecule has 0 unspecified atom stereocenters. The van der Waals surface area contributed by atoms with Crippen LogP contribution in [0.4, 0.5) is 0 Å². The van der Waals surface area contributed by atoms with E-state index in [1.807, 2.05) is 24.3 Å². The maximum Gasteiger partial charge on any atom is 0.352 e. The van der Waals surface area contributed by atoms with Gasteiger partial charge in [0, 0.05) is 11.4 Å². The topological polar surface area (TPSA) is 53.1 Å². The molecule has 0 aliphatic carbocycles. The zero-order valence-corrected chi connectivity index (χ0v) is 11.0. The SMILES string of the molecule is O=C(O)c1cc(Cc2ccc(Cl)cc2)c(Br)[nH]1. The first-order chi connectivity index (χ1) is 8.06. The fourth-order valence-electron chi connectivity index (χ4n) is 1.54. The second-order valence-electron chi connectivity index (χ2n) is 3.63. The molecule has 0 fully saturated rings. The standard InChI is InChI=1S/C12H9BrClNO2/c13-11-8(6-10(15-11)12(16)17)5-7-1-3-9(14)4-2-7/h1-4,6,15H,5H2,(H,16,17). The summed E-state index contributed by atoms with van der Waals surface area (Å²) < 4.78 is 0.699. The first-order valence-corrected chi connectivity index (χ1v) is 6.08. The number of carboxylic acids is 1. The average molecular weight is 315 g/mol. The number of carbonyl (C=O) groups is 1. The number of halogens is 2. The molecule has 2 N–H and O–H groups in total.